The minimum Gasteiger partial charge on any atom is -0.508 e. The summed E-state index contributed by atoms with van der Waals surface area (Å²) in [6, 6.07) is 15.7. The Labute approximate surface area is 308 Å². The zero-order valence-corrected chi connectivity index (χ0v) is 31.4. The van der Waals surface area contributed by atoms with Crippen LogP contribution >= 0.6 is 15.2 Å². The highest BCUT2D eigenvalue weighted by atomic mass is 31.2. The molecule has 0 aliphatic heterocycles. The third-order valence-corrected chi connectivity index (χ3v) is 12.4. The van der Waals surface area contributed by atoms with Crippen LogP contribution in [0.5, 0.6) is 11.5 Å². The Balaban J connectivity index is 1.85. The predicted molar refractivity (Wildman–Crippen MR) is 193 cm³/mol. The Bertz CT molecular complexity index is 1800. The second-order valence-electron chi connectivity index (χ2n) is 11.5. The average molecular weight is 805 g/mol. The molecule has 0 fully saturated rings. The number of hydrogen-bond acceptors (Lipinski definition) is 10. The highest BCUT2D eigenvalue weighted by Crippen LogP contribution is 2.62. The SMILES string of the molecule is CCOP(=O)(OCC)C(Nc1ccc(-c2ccc(NC(c3ccc(O)cc3)P(=O)(OCC)OCC)cc2C(F)(F)F)c(C(F)(F)F)c1)c1ccc(O)cc1. The van der Waals surface area contributed by atoms with Gasteiger partial charge in [-0.3, -0.25) is 9.13 Å². The summed E-state index contributed by atoms with van der Waals surface area (Å²) in [5.41, 5.74) is -4.59. The lowest BCUT2D eigenvalue weighted by molar-refractivity contribution is -0.139. The lowest BCUT2D eigenvalue weighted by Gasteiger charge is -2.29. The maximum absolute atomic E-state index is 14.7. The molecule has 4 aromatic carbocycles. The molecule has 0 heterocycles. The zero-order valence-electron chi connectivity index (χ0n) is 29.6. The third-order valence-electron chi connectivity index (χ3n) is 7.83. The summed E-state index contributed by atoms with van der Waals surface area (Å²) in [6.07, 6.45) is -10.3. The van der Waals surface area contributed by atoms with Gasteiger partial charge in [0.05, 0.1) is 37.6 Å². The lowest BCUT2D eigenvalue weighted by Crippen LogP contribution is -2.17. The molecule has 0 aliphatic carbocycles. The van der Waals surface area contributed by atoms with Crippen LogP contribution in [0.4, 0.5) is 37.7 Å². The molecule has 0 saturated heterocycles. The van der Waals surface area contributed by atoms with E-state index in [1.54, 1.807) is 27.7 Å². The normalized spacial score (nSPS) is 13.7. The molecule has 4 N–H and O–H groups in total. The van der Waals surface area contributed by atoms with Crippen molar-refractivity contribution < 1.29 is 63.8 Å². The van der Waals surface area contributed by atoms with Crippen molar-refractivity contribution in [2.45, 2.75) is 51.6 Å². The van der Waals surface area contributed by atoms with Crippen molar-refractivity contribution in [1.82, 2.24) is 0 Å². The molecule has 0 radical (unpaired) electrons. The van der Waals surface area contributed by atoms with Crippen LogP contribution < -0.4 is 10.6 Å². The van der Waals surface area contributed by atoms with Crippen LogP contribution in [0.1, 0.15) is 61.5 Å². The Hall–Kier alpha value is -4.04. The molecule has 18 heteroatoms. The fraction of sp³-hybridized carbons (Fsp3) is 0.333. The van der Waals surface area contributed by atoms with Gasteiger partial charge in [0.15, 0.2) is 11.6 Å². The molecule has 0 amide bonds. The third kappa shape index (κ3) is 10.2. The Kier molecular flexibility index (Phi) is 13.9. The van der Waals surface area contributed by atoms with Crippen molar-refractivity contribution in [2.24, 2.45) is 0 Å². The van der Waals surface area contributed by atoms with Crippen molar-refractivity contribution >= 4 is 26.6 Å². The smallest absolute Gasteiger partial charge is 0.417 e. The summed E-state index contributed by atoms with van der Waals surface area (Å²) in [4.78, 5) is 0. The Morgan fingerprint density at radius 3 is 1.09 bits per heavy atom. The quantitative estimate of drug-likeness (QED) is 0.0603. The van der Waals surface area contributed by atoms with Crippen molar-refractivity contribution in [1.29, 1.82) is 0 Å². The monoisotopic (exact) mass is 804 g/mol. The summed E-state index contributed by atoms with van der Waals surface area (Å²) >= 11 is 0. The van der Waals surface area contributed by atoms with Crippen molar-refractivity contribution in [3.8, 4) is 22.6 Å². The molecular formula is C36H40F6N2O8P2. The molecule has 0 aromatic heterocycles. The Morgan fingerprint density at radius 2 is 0.833 bits per heavy atom. The van der Waals surface area contributed by atoms with Gasteiger partial charge in [0.1, 0.15) is 11.5 Å². The summed E-state index contributed by atoms with van der Waals surface area (Å²) in [5, 5.41) is 25.1. The number of rotatable bonds is 17. The van der Waals surface area contributed by atoms with Gasteiger partial charge in [-0.1, -0.05) is 36.4 Å². The maximum atomic E-state index is 14.7. The highest BCUT2D eigenvalue weighted by molar-refractivity contribution is 7.54. The lowest BCUT2D eigenvalue weighted by atomic mass is 9.93. The number of anilines is 2. The first-order valence-electron chi connectivity index (χ1n) is 16.7. The first-order chi connectivity index (χ1) is 25.4. The molecule has 0 saturated carbocycles. The summed E-state index contributed by atoms with van der Waals surface area (Å²) < 4.78 is 138. The standard InChI is InChI=1S/C36H40F6N2O8P2/c1-5-49-53(47,50-6-2)33(23-9-15-27(45)16-10-23)43-25-13-19-29(31(21-25)35(37,38)39)30-20-14-26(22-32(30)36(40,41)42)44-34(24-11-17-28(46)18-12-24)54(48,51-7-3)52-8-4/h9-22,33-34,43-46H,5-8H2,1-4H3. The van der Waals surface area contributed by atoms with Gasteiger partial charge in [-0.2, -0.15) is 26.3 Å². The largest absolute Gasteiger partial charge is 0.508 e. The number of aromatic hydroxyl groups is 2. The average Bonchev–Trinajstić information content (AvgIpc) is 3.10. The topological polar surface area (TPSA) is 136 Å². The van der Waals surface area contributed by atoms with E-state index in [0.717, 1.165) is 24.3 Å². The summed E-state index contributed by atoms with van der Waals surface area (Å²) in [6.45, 7) is 5.81. The van der Waals surface area contributed by atoms with E-state index in [-0.39, 0.29) is 60.4 Å². The van der Waals surface area contributed by atoms with Crippen LogP contribution in [0, 0.1) is 0 Å². The molecule has 0 bridgehead atoms. The number of phenolic OH excluding ortho intramolecular Hbond substituents is 2. The number of alkyl halides is 6. The molecule has 10 nitrogen and oxygen atoms in total. The summed E-state index contributed by atoms with van der Waals surface area (Å²) in [7, 11) is -8.26. The maximum Gasteiger partial charge on any atom is 0.417 e. The molecule has 54 heavy (non-hydrogen) atoms. The number of nitrogens with one attached hydrogen (secondary N) is 2. The number of benzene rings is 4. The van der Waals surface area contributed by atoms with E-state index < -0.39 is 61.4 Å². The second kappa shape index (κ2) is 17.6. The van der Waals surface area contributed by atoms with E-state index in [2.05, 4.69) is 10.6 Å². The number of phenols is 2. The van der Waals surface area contributed by atoms with Crippen LogP contribution in [0.15, 0.2) is 84.9 Å². The van der Waals surface area contributed by atoms with E-state index in [0.29, 0.717) is 12.1 Å². The van der Waals surface area contributed by atoms with Gasteiger partial charge < -0.3 is 38.9 Å². The van der Waals surface area contributed by atoms with Gasteiger partial charge in [-0.15, -0.1) is 0 Å². The molecule has 0 aliphatic rings. The van der Waals surface area contributed by atoms with Crippen molar-refractivity contribution in [2.75, 3.05) is 37.1 Å². The van der Waals surface area contributed by atoms with E-state index in [4.69, 9.17) is 18.1 Å². The Morgan fingerprint density at radius 1 is 0.537 bits per heavy atom. The molecular weight excluding hydrogens is 764 g/mol. The van der Waals surface area contributed by atoms with Gasteiger partial charge >= 0.3 is 27.5 Å². The first kappa shape index (κ1) is 42.7. The second-order valence-corrected chi connectivity index (χ2v) is 15.8. The van der Waals surface area contributed by atoms with Crippen LogP contribution in [0.25, 0.3) is 11.1 Å². The van der Waals surface area contributed by atoms with Gasteiger partial charge in [0.2, 0.25) is 0 Å². The highest BCUT2D eigenvalue weighted by Gasteiger charge is 2.42. The van der Waals surface area contributed by atoms with Crippen LogP contribution in [-0.2, 0) is 39.6 Å². The van der Waals surface area contributed by atoms with Crippen molar-refractivity contribution in [3.63, 3.8) is 0 Å². The number of halogens is 6. The molecule has 2 unspecified atom stereocenters. The predicted octanol–water partition coefficient (Wildman–Crippen LogP) is 11.6. The van der Waals surface area contributed by atoms with Gasteiger partial charge in [0, 0.05) is 11.4 Å². The van der Waals surface area contributed by atoms with Crippen LogP contribution in [-0.4, -0.2) is 36.6 Å². The van der Waals surface area contributed by atoms with E-state index in [1.807, 2.05) is 0 Å². The van der Waals surface area contributed by atoms with Gasteiger partial charge in [0.25, 0.3) is 0 Å². The fourth-order valence-corrected chi connectivity index (χ4v) is 9.49. The fourth-order valence-electron chi connectivity index (χ4n) is 5.62. The molecule has 4 rings (SSSR count). The first-order valence-corrected chi connectivity index (χ1v) is 19.9. The van der Waals surface area contributed by atoms with Crippen molar-refractivity contribution in [3.05, 3.63) is 107 Å². The van der Waals surface area contributed by atoms with Gasteiger partial charge in [-0.05, 0) is 98.5 Å². The van der Waals surface area contributed by atoms with Gasteiger partial charge in [-0.25, -0.2) is 0 Å². The van der Waals surface area contributed by atoms with Crippen LogP contribution in [0.3, 0.4) is 0 Å². The minimum atomic E-state index is -5.17. The molecule has 4 aromatic rings. The molecule has 294 valence electrons. The van der Waals surface area contributed by atoms with E-state index >= 15 is 0 Å². The molecule has 0 spiro atoms. The van der Waals surface area contributed by atoms with Crippen LogP contribution in [0.2, 0.25) is 0 Å². The summed E-state index contributed by atoms with van der Waals surface area (Å²) in [5.74, 6) is -3.04. The zero-order chi connectivity index (χ0) is 39.9. The van der Waals surface area contributed by atoms with E-state index in [9.17, 15) is 45.7 Å². The van der Waals surface area contributed by atoms with E-state index in [1.165, 1.54) is 48.5 Å². The minimum absolute atomic E-state index is 0.0875. The molecule has 2 atom stereocenters. The number of hydrogen-bond donors (Lipinski definition) is 4.